The van der Waals surface area contributed by atoms with Crippen molar-refractivity contribution in [3.63, 3.8) is 0 Å². The molecule has 0 aliphatic heterocycles. The van der Waals surface area contributed by atoms with Crippen LogP contribution in [0.4, 0.5) is 43.9 Å². The highest BCUT2D eigenvalue weighted by molar-refractivity contribution is 6.00. The third-order valence-electron chi connectivity index (χ3n) is 4.77. The van der Waals surface area contributed by atoms with Crippen molar-refractivity contribution in [3.8, 4) is 17.2 Å². The second-order valence-corrected chi connectivity index (χ2v) is 7.65. The van der Waals surface area contributed by atoms with Crippen molar-refractivity contribution in [2.75, 3.05) is 16.0 Å². The molecule has 3 amide bonds. The molecule has 3 aromatic rings. The Labute approximate surface area is 200 Å². The molecule has 0 saturated heterocycles. The highest BCUT2D eigenvalue weighted by Gasteiger charge is 2.31. The Bertz CT molecular complexity index is 1300. The van der Waals surface area contributed by atoms with Gasteiger partial charge in [-0.25, -0.2) is 18.6 Å². The Balaban J connectivity index is 1.38. The fourth-order valence-electron chi connectivity index (χ4n) is 2.99. The van der Waals surface area contributed by atoms with Crippen molar-refractivity contribution in [1.29, 1.82) is 0 Å². The van der Waals surface area contributed by atoms with Gasteiger partial charge >= 0.3 is 12.4 Å². The lowest BCUT2D eigenvalue weighted by atomic mass is 10.2. The number of nitrogens with one attached hydrogen (secondary N) is 3. The van der Waals surface area contributed by atoms with Crippen molar-refractivity contribution >= 4 is 29.1 Å². The molecule has 8 nitrogen and oxygen atoms in total. The van der Waals surface area contributed by atoms with Gasteiger partial charge in [-0.05, 0) is 43.2 Å². The lowest BCUT2D eigenvalue weighted by Crippen LogP contribution is -2.21. The van der Waals surface area contributed by atoms with Crippen LogP contribution in [0.15, 0.2) is 54.7 Å². The van der Waals surface area contributed by atoms with E-state index in [4.69, 9.17) is 4.74 Å². The Kier molecular flexibility index (Phi) is 6.90. The first-order valence-corrected chi connectivity index (χ1v) is 10.4. The molecule has 0 spiro atoms. The van der Waals surface area contributed by atoms with Crippen molar-refractivity contribution in [2.24, 2.45) is 5.92 Å². The second kappa shape index (κ2) is 10.1. The van der Waals surface area contributed by atoms with E-state index in [9.17, 15) is 31.5 Å². The first-order chi connectivity index (χ1) is 17.1. The quantitative estimate of drug-likeness (QED) is 0.338. The summed E-state index contributed by atoms with van der Waals surface area (Å²) in [5, 5.41) is 6.77. The highest BCUT2D eigenvalue weighted by Crippen LogP contribution is 2.31. The maximum Gasteiger partial charge on any atom is 0.573 e. The number of urea groups is 1. The van der Waals surface area contributed by atoms with Gasteiger partial charge in [0.15, 0.2) is 0 Å². The molecule has 1 fully saturated rings. The lowest BCUT2D eigenvalue weighted by Gasteiger charge is -2.13. The maximum atomic E-state index is 14.5. The highest BCUT2D eigenvalue weighted by atomic mass is 19.4. The van der Waals surface area contributed by atoms with Crippen LogP contribution in [-0.2, 0) is 4.79 Å². The molecule has 1 saturated carbocycles. The molecular formula is C23H17F5N4O4. The average Bonchev–Trinajstić information content (AvgIpc) is 3.63. The number of aromatic nitrogens is 1. The van der Waals surface area contributed by atoms with E-state index in [0.717, 1.165) is 25.0 Å². The van der Waals surface area contributed by atoms with Crippen molar-refractivity contribution in [2.45, 2.75) is 19.2 Å². The summed E-state index contributed by atoms with van der Waals surface area (Å²) in [5.41, 5.74) is -0.924. The number of nitrogens with zero attached hydrogens (tertiary/aromatic N) is 1. The molecule has 13 heteroatoms. The molecule has 0 unspecified atom stereocenters. The van der Waals surface area contributed by atoms with Gasteiger partial charge in [0, 0.05) is 30.3 Å². The molecular weight excluding hydrogens is 491 g/mol. The van der Waals surface area contributed by atoms with Crippen LogP contribution >= 0.6 is 0 Å². The average molecular weight is 508 g/mol. The van der Waals surface area contributed by atoms with Crippen molar-refractivity contribution < 1.29 is 41.0 Å². The van der Waals surface area contributed by atoms with E-state index in [-0.39, 0.29) is 34.8 Å². The number of halogens is 5. The molecule has 36 heavy (non-hydrogen) atoms. The molecule has 0 bridgehead atoms. The summed E-state index contributed by atoms with van der Waals surface area (Å²) in [4.78, 5) is 28.0. The van der Waals surface area contributed by atoms with Gasteiger partial charge in [-0.15, -0.1) is 13.2 Å². The molecule has 0 atom stereocenters. The summed E-state index contributed by atoms with van der Waals surface area (Å²) < 4.78 is 74.7. The predicted molar refractivity (Wildman–Crippen MR) is 118 cm³/mol. The van der Waals surface area contributed by atoms with Gasteiger partial charge < -0.3 is 25.4 Å². The van der Waals surface area contributed by atoms with E-state index in [1.54, 1.807) is 0 Å². The monoisotopic (exact) mass is 508 g/mol. The van der Waals surface area contributed by atoms with E-state index in [1.807, 2.05) is 5.32 Å². The Morgan fingerprint density at radius 3 is 2.22 bits per heavy atom. The van der Waals surface area contributed by atoms with Crippen molar-refractivity contribution in [3.05, 3.63) is 66.4 Å². The molecule has 1 aliphatic rings. The summed E-state index contributed by atoms with van der Waals surface area (Å²) >= 11 is 0. The van der Waals surface area contributed by atoms with Gasteiger partial charge in [0.1, 0.15) is 34.7 Å². The predicted octanol–water partition coefficient (Wildman–Crippen LogP) is 6.04. The fourth-order valence-corrected chi connectivity index (χ4v) is 2.99. The Morgan fingerprint density at radius 2 is 1.53 bits per heavy atom. The maximum absolute atomic E-state index is 14.5. The van der Waals surface area contributed by atoms with Crippen LogP contribution in [0.1, 0.15) is 12.8 Å². The first-order valence-electron chi connectivity index (χ1n) is 10.4. The van der Waals surface area contributed by atoms with Crippen molar-refractivity contribution in [1.82, 2.24) is 4.98 Å². The number of ether oxygens (including phenoxy) is 2. The molecule has 1 heterocycles. The molecule has 1 aromatic heterocycles. The Hall–Kier alpha value is -4.42. The van der Waals surface area contributed by atoms with Crippen LogP contribution in [0.2, 0.25) is 0 Å². The van der Waals surface area contributed by atoms with Crippen LogP contribution < -0.4 is 25.4 Å². The van der Waals surface area contributed by atoms with Gasteiger partial charge in [0.2, 0.25) is 5.91 Å². The molecule has 0 radical (unpaired) electrons. The van der Waals surface area contributed by atoms with E-state index < -0.39 is 35.5 Å². The second-order valence-electron chi connectivity index (χ2n) is 7.65. The number of alkyl halides is 3. The molecule has 3 N–H and O–H groups in total. The normalized spacial score (nSPS) is 13.0. The van der Waals surface area contributed by atoms with Gasteiger partial charge in [0.25, 0.3) is 0 Å². The molecule has 188 valence electrons. The summed E-state index contributed by atoms with van der Waals surface area (Å²) in [6, 6.07) is 7.35. The zero-order valence-electron chi connectivity index (χ0n) is 18.2. The minimum atomic E-state index is -5.01. The fraction of sp³-hybridized carbons (Fsp3) is 0.174. The number of carbonyl (C=O) groups excluding carboxylic acids is 2. The Morgan fingerprint density at radius 1 is 0.833 bits per heavy atom. The van der Waals surface area contributed by atoms with Crippen LogP contribution in [-0.4, -0.2) is 23.3 Å². The summed E-state index contributed by atoms with van der Waals surface area (Å²) in [7, 11) is 0. The van der Waals surface area contributed by atoms with Gasteiger partial charge in [-0.2, -0.15) is 0 Å². The van der Waals surface area contributed by atoms with Crippen LogP contribution in [0.3, 0.4) is 0 Å². The number of rotatable bonds is 7. The third-order valence-corrected chi connectivity index (χ3v) is 4.77. The minimum Gasteiger partial charge on any atom is -0.457 e. The molecule has 4 rings (SSSR count). The van der Waals surface area contributed by atoms with E-state index in [1.165, 1.54) is 30.5 Å². The third kappa shape index (κ3) is 6.81. The lowest BCUT2D eigenvalue weighted by molar-refractivity contribution is -0.274. The summed E-state index contributed by atoms with van der Waals surface area (Å²) in [6.07, 6.45) is -1.95. The number of anilines is 3. The van der Waals surface area contributed by atoms with E-state index in [0.29, 0.717) is 12.1 Å². The number of carbonyl (C=O) groups is 2. The number of amides is 3. The summed E-state index contributed by atoms with van der Waals surface area (Å²) in [5.74, 6) is -2.25. The van der Waals surface area contributed by atoms with E-state index in [2.05, 4.69) is 20.4 Å². The number of pyridine rings is 1. The number of hydrogen-bond donors (Lipinski definition) is 3. The zero-order chi connectivity index (χ0) is 25.9. The molecule has 2 aromatic carbocycles. The standard InChI is InChI=1S/C23H17F5N4O4/c24-16-5-3-15(36-23(26,27)28)10-19(16)31-22(34)30-18-6-4-13(9-17(18)25)35-14-7-8-29-20(11-14)32-21(33)12-1-2-12/h3-12H,1-2H2,(H,29,32,33)(H2,30,31,34). The zero-order valence-corrected chi connectivity index (χ0v) is 18.2. The summed E-state index contributed by atoms with van der Waals surface area (Å²) in [6.45, 7) is 0. The van der Waals surface area contributed by atoms with E-state index >= 15 is 0 Å². The minimum absolute atomic E-state index is 0.0172. The SMILES string of the molecule is O=C(Nc1ccc(Oc2ccnc(NC(=O)C3CC3)c2)cc1F)Nc1cc(OC(F)(F)F)ccc1F. The van der Waals surface area contributed by atoms with Gasteiger partial charge in [0.05, 0.1) is 11.4 Å². The smallest absolute Gasteiger partial charge is 0.457 e. The number of benzene rings is 2. The molecule has 1 aliphatic carbocycles. The van der Waals surface area contributed by atoms with Gasteiger partial charge in [-0.1, -0.05) is 0 Å². The van der Waals surface area contributed by atoms with Crippen LogP contribution in [0.25, 0.3) is 0 Å². The van der Waals surface area contributed by atoms with Crippen LogP contribution in [0.5, 0.6) is 17.2 Å². The van der Waals surface area contributed by atoms with Crippen LogP contribution in [0, 0.1) is 17.6 Å². The first kappa shape index (κ1) is 24.7. The van der Waals surface area contributed by atoms with Gasteiger partial charge in [-0.3, -0.25) is 4.79 Å². The largest absolute Gasteiger partial charge is 0.573 e. The topological polar surface area (TPSA) is 102 Å². The number of hydrogen-bond acceptors (Lipinski definition) is 5.